The molecule has 0 amide bonds. The Morgan fingerprint density at radius 3 is 1.18 bits per heavy atom. The van der Waals surface area contributed by atoms with Crippen LogP contribution >= 0.6 is 0 Å². The molecule has 0 unspecified atom stereocenters. The van der Waals surface area contributed by atoms with Gasteiger partial charge in [0.25, 0.3) is 0 Å². The fraction of sp³-hybridized carbons (Fsp3) is 1.00. The summed E-state index contributed by atoms with van der Waals surface area (Å²) in [5, 5.41) is 0. The first-order valence-corrected chi connectivity index (χ1v) is 13.0. The fourth-order valence-corrected chi connectivity index (χ4v) is 3.25. The summed E-state index contributed by atoms with van der Waals surface area (Å²) in [6.45, 7) is 10.6. The number of nitrogens with zero attached hydrogens (tertiary/aromatic N) is 1. The molecule has 1 N–H and O–H groups in total. The summed E-state index contributed by atoms with van der Waals surface area (Å²) in [6.07, 6.45) is 21.9. The van der Waals surface area contributed by atoms with Crippen LogP contribution in [0.2, 0.25) is 0 Å². The third-order valence-electron chi connectivity index (χ3n) is 5.18. The Morgan fingerprint density at radius 2 is 0.929 bits per heavy atom. The fourth-order valence-electron chi connectivity index (χ4n) is 3.25. The van der Waals surface area contributed by atoms with Crippen molar-refractivity contribution < 1.29 is 17.2 Å². The van der Waals surface area contributed by atoms with Gasteiger partial charge in [0, 0.05) is 0 Å². The summed E-state index contributed by atoms with van der Waals surface area (Å²) in [5.74, 6) is 0. The summed E-state index contributed by atoms with van der Waals surface area (Å²) in [6, 6.07) is 0. The molecule has 0 bridgehead atoms. The third-order valence-corrected chi connectivity index (χ3v) is 5.60. The van der Waals surface area contributed by atoms with E-state index in [9.17, 15) is 8.42 Å². The molecule has 28 heavy (non-hydrogen) atoms. The molecule has 0 heterocycles. The van der Waals surface area contributed by atoms with Crippen molar-refractivity contribution in [2.45, 2.75) is 117 Å². The molecule has 0 aromatic rings. The second-order valence-electron chi connectivity index (χ2n) is 7.57. The number of unbranched alkanes of at least 4 members (excludes halogenated alkanes) is 14. The molecule has 6 heteroatoms. The van der Waals surface area contributed by atoms with Gasteiger partial charge in [-0.15, -0.1) is 0 Å². The first-order chi connectivity index (χ1) is 13.4. The molecule has 0 aliphatic heterocycles. The highest BCUT2D eigenvalue weighted by molar-refractivity contribution is 7.80. The molecule has 0 radical (unpaired) electrons. The molecule has 0 aromatic heterocycles. The molecule has 5 nitrogen and oxygen atoms in total. The van der Waals surface area contributed by atoms with Crippen molar-refractivity contribution in [3.8, 4) is 0 Å². The maximum absolute atomic E-state index is 9.33. The lowest BCUT2D eigenvalue weighted by molar-refractivity contribution is 0.295. The maximum Gasteiger partial charge on any atom is 0.397 e. The van der Waals surface area contributed by atoms with E-state index < -0.39 is 10.4 Å². The van der Waals surface area contributed by atoms with E-state index in [0.717, 1.165) is 7.11 Å². The monoisotopic (exact) mass is 423 g/mol. The van der Waals surface area contributed by atoms with E-state index in [1.54, 1.807) is 0 Å². The Bertz CT molecular complexity index is 384. The number of hydrogen-bond donors (Lipinski definition) is 1. The summed E-state index contributed by atoms with van der Waals surface area (Å²) in [4.78, 5) is 2.54. The van der Waals surface area contributed by atoms with Crippen LogP contribution < -0.4 is 0 Å². The Labute approximate surface area is 176 Å². The van der Waals surface area contributed by atoms with Crippen molar-refractivity contribution in [2.75, 3.05) is 26.7 Å². The molecule has 0 atom stereocenters. The van der Waals surface area contributed by atoms with Crippen LogP contribution in [-0.2, 0) is 14.6 Å². The van der Waals surface area contributed by atoms with Crippen LogP contribution in [0.5, 0.6) is 0 Å². The number of rotatable bonds is 19. The van der Waals surface area contributed by atoms with E-state index in [0.29, 0.717) is 0 Å². The van der Waals surface area contributed by atoms with Crippen LogP contribution in [0.15, 0.2) is 0 Å². The zero-order valence-corrected chi connectivity index (χ0v) is 20.1. The number of hydrogen-bond acceptors (Lipinski definition) is 4. The largest absolute Gasteiger partial charge is 0.397 e. The Hall–Kier alpha value is -0.170. The first-order valence-electron chi connectivity index (χ1n) is 11.7. The van der Waals surface area contributed by atoms with Crippen LogP contribution in [0.1, 0.15) is 117 Å². The summed E-state index contributed by atoms with van der Waals surface area (Å²) < 4.78 is 29.7. The predicted molar refractivity (Wildman–Crippen MR) is 121 cm³/mol. The molecule has 0 saturated carbocycles. The van der Waals surface area contributed by atoms with E-state index in [4.69, 9.17) is 4.55 Å². The molecule has 0 aliphatic carbocycles. The highest BCUT2D eigenvalue weighted by Crippen LogP contribution is 2.13. The van der Waals surface area contributed by atoms with Gasteiger partial charge in [0.05, 0.1) is 7.11 Å². The van der Waals surface area contributed by atoms with Crippen molar-refractivity contribution in [3.63, 3.8) is 0 Å². The van der Waals surface area contributed by atoms with Crippen molar-refractivity contribution in [3.05, 3.63) is 0 Å². The minimum Gasteiger partial charge on any atom is -0.304 e. The van der Waals surface area contributed by atoms with Gasteiger partial charge in [-0.25, -0.2) is 0 Å². The third kappa shape index (κ3) is 28.0. The summed E-state index contributed by atoms with van der Waals surface area (Å²) >= 11 is 0. The molecular formula is C22H49NO4S. The second kappa shape index (κ2) is 23.1. The van der Waals surface area contributed by atoms with Gasteiger partial charge in [0.15, 0.2) is 0 Å². The molecular weight excluding hydrogens is 374 g/mol. The van der Waals surface area contributed by atoms with Gasteiger partial charge >= 0.3 is 10.4 Å². The van der Waals surface area contributed by atoms with Crippen LogP contribution in [0.3, 0.4) is 0 Å². The van der Waals surface area contributed by atoms with Crippen LogP contribution in [0.25, 0.3) is 0 Å². The summed E-state index contributed by atoms with van der Waals surface area (Å²) in [5.41, 5.74) is 0. The molecule has 172 valence electrons. The maximum atomic E-state index is 9.33. The minimum absolute atomic E-state index is 0.870. The van der Waals surface area contributed by atoms with Crippen LogP contribution in [0, 0.1) is 0 Å². The van der Waals surface area contributed by atoms with Gasteiger partial charge in [-0.05, 0) is 26.1 Å². The zero-order valence-electron chi connectivity index (χ0n) is 19.3. The average molecular weight is 424 g/mol. The highest BCUT2D eigenvalue weighted by atomic mass is 32.3. The molecule has 0 aromatic carbocycles. The lowest BCUT2D eigenvalue weighted by Crippen LogP contribution is -2.23. The van der Waals surface area contributed by atoms with Crippen molar-refractivity contribution in [1.82, 2.24) is 4.90 Å². The van der Waals surface area contributed by atoms with Crippen LogP contribution in [-0.4, -0.2) is 44.6 Å². The second-order valence-corrected chi connectivity index (χ2v) is 8.76. The zero-order chi connectivity index (χ0) is 21.5. The lowest BCUT2D eigenvalue weighted by Gasteiger charge is -2.17. The molecule has 0 fully saturated rings. The van der Waals surface area contributed by atoms with Crippen LogP contribution in [0.4, 0.5) is 0 Å². The molecule has 0 spiro atoms. The van der Waals surface area contributed by atoms with E-state index in [2.05, 4.69) is 29.9 Å². The Kier molecular flexibility index (Phi) is 24.8. The topological polar surface area (TPSA) is 66.8 Å². The van der Waals surface area contributed by atoms with Gasteiger partial charge in [0.2, 0.25) is 0 Å². The Morgan fingerprint density at radius 1 is 0.643 bits per heavy atom. The highest BCUT2D eigenvalue weighted by Gasteiger charge is 1.98. The lowest BCUT2D eigenvalue weighted by atomic mass is 10.0. The van der Waals surface area contributed by atoms with Gasteiger partial charge in [-0.2, -0.15) is 8.42 Å². The SMILES string of the molecule is CCCCCCCCCCCCCCCCCN(CC)CC.COS(=O)(=O)O. The predicted octanol–water partition coefficient (Wildman–Crippen LogP) is 6.64. The van der Waals surface area contributed by atoms with Crippen molar-refractivity contribution in [2.24, 2.45) is 0 Å². The van der Waals surface area contributed by atoms with Gasteiger partial charge < -0.3 is 4.90 Å². The normalized spacial score (nSPS) is 11.5. The molecule has 0 rings (SSSR count). The molecule has 0 saturated heterocycles. The molecule has 0 aliphatic rings. The van der Waals surface area contributed by atoms with Crippen molar-refractivity contribution >= 4 is 10.4 Å². The van der Waals surface area contributed by atoms with Gasteiger partial charge in [-0.3, -0.25) is 8.74 Å². The van der Waals surface area contributed by atoms with E-state index >= 15 is 0 Å². The van der Waals surface area contributed by atoms with Gasteiger partial charge in [0.1, 0.15) is 0 Å². The minimum atomic E-state index is -4.16. The van der Waals surface area contributed by atoms with Gasteiger partial charge in [-0.1, -0.05) is 111 Å². The Balaban J connectivity index is 0. The average Bonchev–Trinajstić information content (AvgIpc) is 2.68. The summed E-state index contributed by atoms with van der Waals surface area (Å²) in [7, 11) is -3.29. The van der Waals surface area contributed by atoms with E-state index in [1.165, 1.54) is 116 Å². The quantitative estimate of drug-likeness (QED) is 0.186. The standard InChI is InChI=1S/C21H45N.CH4O4S/c1-4-7-8-9-10-11-12-13-14-15-16-17-18-19-20-21-22(5-2)6-3;1-5-6(2,3)4/h4-21H2,1-3H3;1H3,(H,2,3,4). The van der Waals surface area contributed by atoms with E-state index in [-0.39, 0.29) is 0 Å². The first kappa shape index (κ1) is 30.0. The van der Waals surface area contributed by atoms with E-state index in [1.807, 2.05) is 0 Å². The van der Waals surface area contributed by atoms with Crippen molar-refractivity contribution in [1.29, 1.82) is 0 Å². The smallest absolute Gasteiger partial charge is 0.304 e.